The van der Waals surface area contributed by atoms with Gasteiger partial charge in [0.1, 0.15) is 5.54 Å². The SMILES string of the molecule is CCCNC1(C#N)CCC(N(CC)CC2CC2)C1. The van der Waals surface area contributed by atoms with Crippen LogP contribution in [0.2, 0.25) is 0 Å². The van der Waals surface area contributed by atoms with Crippen LogP contribution in [-0.4, -0.2) is 36.1 Å². The monoisotopic (exact) mass is 249 g/mol. The van der Waals surface area contributed by atoms with Crippen LogP contribution < -0.4 is 5.32 Å². The van der Waals surface area contributed by atoms with E-state index in [0.29, 0.717) is 6.04 Å². The van der Waals surface area contributed by atoms with E-state index in [2.05, 4.69) is 30.1 Å². The van der Waals surface area contributed by atoms with Gasteiger partial charge in [0.15, 0.2) is 0 Å². The zero-order valence-electron chi connectivity index (χ0n) is 11.9. The molecule has 2 saturated carbocycles. The second-order valence-corrected chi connectivity index (χ2v) is 6.05. The lowest BCUT2D eigenvalue weighted by Crippen LogP contribution is -2.44. The maximum atomic E-state index is 9.48. The van der Waals surface area contributed by atoms with E-state index in [4.69, 9.17) is 0 Å². The summed E-state index contributed by atoms with van der Waals surface area (Å²) >= 11 is 0. The van der Waals surface area contributed by atoms with Gasteiger partial charge < -0.3 is 4.90 Å². The molecule has 0 aliphatic heterocycles. The van der Waals surface area contributed by atoms with E-state index in [1.807, 2.05) is 0 Å². The van der Waals surface area contributed by atoms with Gasteiger partial charge in [-0.1, -0.05) is 13.8 Å². The molecule has 0 radical (unpaired) electrons. The third-order valence-corrected chi connectivity index (χ3v) is 4.53. The molecule has 18 heavy (non-hydrogen) atoms. The van der Waals surface area contributed by atoms with Gasteiger partial charge in [0, 0.05) is 12.6 Å². The summed E-state index contributed by atoms with van der Waals surface area (Å²) in [5, 5.41) is 13.0. The second-order valence-electron chi connectivity index (χ2n) is 6.05. The lowest BCUT2D eigenvalue weighted by atomic mass is 9.99. The van der Waals surface area contributed by atoms with Gasteiger partial charge in [-0.2, -0.15) is 5.26 Å². The highest BCUT2D eigenvalue weighted by molar-refractivity contribution is 5.13. The number of hydrogen-bond donors (Lipinski definition) is 1. The van der Waals surface area contributed by atoms with Gasteiger partial charge in [-0.05, 0) is 57.5 Å². The molecule has 0 aromatic carbocycles. The van der Waals surface area contributed by atoms with Gasteiger partial charge in [0.2, 0.25) is 0 Å². The first-order chi connectivity index (χ1) is 8.73. The van der Waals surface area contributed by atoms with E-state index >= 15 is 0 Å². The van der Waals surface area contributed by atoms with E-state index in [-0.39, 0.29) is 5.54 Å². The normalized spacial score (nSPS) is 31.8. The van der Waals surface area contributed by atoms with Gasteiger partial charge in [-0.3, -0.25) is 5.32 Å². The van der Waals surface area contributed by atoms with Crippen LogP contribution in [0.5, 0.6) is 0 Å². The molecule has 2 rings (SSSR count). The molecule has 0 saturated heterocycles. The summed E-state index contributed by atoms with van der Waals surface area (Å²) in [7, 11) is 0. The molecule has 2 unspecified atom stereocenters. The van der Waals surface area contributed by atoms with E-state index in [9.17, 15) is 5.26 Å². The maximum absolute atomic E-state index is 9.48. The average Bonchev–Trinajstić information content (AvgIpc) is 3.12. The first kappa shape index (κ1) is 13.8. The molecule has 0 aromatic heterocycles. The summed E-state index contributed by atoms with van der Waals surface area (Å²) in [6.45, 7) is 7.78. The molecule has 0 spiro atoms. The van der Waals surface area contributed by atoms with Crippen LogP contribution in [-0.2, 0) is 0 Å². The molecular weight excluding hydrogens is 222 g/mol. The smallest absolute Gasteiger partial charge is 0.108 e. The molecule has 1 N–H and O–H groups in total. The fourth-order valence-corrected chi connectivity index (χ4v) is 3.17. The molecule has 2 atom stereocenters. The van der Waals surface area contributed by atoms with E-state index in [1.54, 1.807) is 0 Å². The Labute approximate surface area is 112 Å². The highest BCUT2D eigenvalue weighted by Gasteiger charge is 2.41. The van der Waals surface area contributed by atoms with E-state index < -0.39 is 0 Å². The van der Waals surface area contributed by atoms with Crippen molar-refractivity contribution < 1.29 is 0 Å². The molecule has 2 aliphatic carbocycles. The van der Waals surface area contributed by atoms with Crippen molar-refractivity contribution in [1.82, 2.24) is 10.2 Å². The van der Waals surface area contributed by atoms with Crippen LogP contribution in [0.3, 0.4) is 0 Å². The molecule has 102 valence electrons. The zero-order chi connectivity index (χ0) is 13.0. The predicted octanol–water partition coefficient (Wildman–Crippen LogP) is 2.53. The van der Waals surface area contributed by atoms with Crippen LogP contribution in [0, 0.1) is 17.2 Å². The van der Waals surface area contributed by atoms with Crippen LogP contribution >= 0.6 is 0 Å². The molecule has 3 heteroatoms. The molecule has 0 bridgehead atoms. The quantitative estimate of drug-likeness (QED) is 0.753. The van der Waals surface area contributed by atoms with Crippen molar-refractivity contribution in [1.29, 1.82) is 5.26 Å². The molecular formula is C15H27N3. The highest BCUT2D eigenvalue weighted by Crippen LogP contribution is 2.36. The minimum Gasteiger partial charge on any atom is -0.300 e. The van der Waals surface area contributed by atoms with Crippen LogP contribution in [0.1, 0.15) is 52.4 Å². The van der Waals surface area contributed by atoms with Crippen LogP contribution in [0.4, 0.5) is 0 Å². The Balaban J connectivity index is 1.89. The standard InChI is InChI=1S/C15H27N3/c1-3-9-17-15(12-16)8-7-14(10-15)18(4-2)11-13-5-6-13/h13-14,17H,3-11H2,1-2H3. The highest BCUT2D eigenvalue weighted by atomic mass is 15.2. The van der Waals surface area contributed by atoms with Gasteiger partial charge in [-0.15, -0.1) is 0 Å². The predicted molar refractivity (Wildman–Crippen MR) is 74.2 cm³/mol. The summed E-state index contributed by atoms with van der Waals surface area (Å²) in [4.78, 5) is 2.62. The fraction of sp³-hybridized carbons (Fsp3) is 0.933. The molecule has 0 heterocycles. The van der Waals surface area contributed by atoms with Crippen molar-refractivity contribution in [3.63, 3.8) is 0 Å². The van der Waals surface area contributed by atoms with Crippen molar-refractivity contribution in [2.45, 2.75) is 64.0 Å². The van der Waals surface area contributed by atoms with Crippen molar-refractivity contribution >= 4 is 0 Å². The first-order valence-corrected chi connectivity index (χ1v) is 7.63. The number of rotatable bonds is 7. The Bertz CT molecular complexity index is 305. The Hall–Kier alpha value is -0.590. The number of nitriles is 1. The molecule has 3 nitrogen and oxygen atoms in total. The lowest BCUT2D eigenvalue weighted by molar-refractivity contribution is 0.194. The van der Waals surface area contributed by atoms with Gasteiger partial charge in [0.05, 0.1) is 6.07 Å². The summed E-state index contributed by atoms with van der Waals surface area (Å²) in [5.74, 6) is 0.950. The molecule has 0 amide bonds. The Morgan fingerprint density at radius 1 is 1.33 bits per heavy atom. The van der Waals surface area contributed by atoms with E-state index in [1.165, 1.54) is 25.8 Å². The topological polar surface area (TPSA) is 39.1 Å². The minimum atomic E-state index is -0.238. The average molecular weight is 249 g/mol. The maximum Gasteiger partial charge on any atom is 0.108 e. The van der Waals surface area contributed by atoms with Crippen molar-refractivity contribution in [2.24, 2.45) is 5.92 Å². The minimum absolute atomic E-state index is 0.238. The van der Waals surface area contributed by atoms with Gasteiger partial charge in [0.25, 0.3) is 0 Å². The largest absolute Gasteiger partial charge is 0.300 e. The van der Waals surface area contributed by atoms with Crippen LogP contribution in [0.15, 0.2) is 0 Å². The van der Waals surface area contributed by atoms with Crippen molar-refractivity contribution in [3.05, 3.63) is 0 Å². The van der Waals surface area contributed by atoms with Crippen molar-refractivity contribution in [3.8, 4) is 6.07 Å². The summed E-state index contributed by atoms with van der Waals surface area (Å²) in [5.41, 5.74) is -0.238. The molecule has 2 aliphatic rings. The summed E-state index contributed by atoms with van der Waals surface area (Å²) in [6.07, 6.45) is 7.17. The second kappa shape index (κ2) is 6.04. The summed E-state index contributed by atoms with van der Waals surface area (Å²) in [6, 6.07) is 3.18. The fourth-order valence-electron chi connectivity index (χ4n) is 3.17. The molecule has 0 aromatic rings. The van der Waals surface area contributed by atoms with E-state index in [0.717, 1.165) is 38.3 Å². The Morgan fingerprint density at radius 3 is 2.67 bits per heavy atom. The zero-order valence-corrected chi connectivity index (χ0v) is 11.9. The Kier molecular flexibility index (Phi) is 4.64. The number of nitrogens with one attached hydrogen (secondary N) is 1. The number of hydrogen-bond acceptors (Lipinski definition) is 3. The van der Waals surface area contributed by atoms with Crippen molar-refractivity contribution in [2.75, 3.05) is 19.6 Å². The Morgan fingerprint density at radius 2 is 2.11 bits per heavy atom. The van der Waals surface area contributed by atoms with Gasteiger partial charge in [-0.25, -0.2) is 0 Å². The summed E-state index contributed by atoms with van der Waals surface area (Å²) < 4.78 is 0. The third-order valence-electron chi connectivity index (χ3n) is 4.53. The van der Waals surface area contributed by atoms with Gasteiger partial charge >= 0.3 is 0 Å². The first-order valence-electron chi connectivity index (χ1n) is 7.63. The van der Waals surface area contributed by atoms with Crippen LogP contribution in [0.25, 0.3) is 0 Å². The third kappa shape index (κ3) is 3.24. The molecule has 2 fully saturated rings. The lowest BCUT2D eigenvalue weighted by Gasteiger charge is -2.29. The number of nitrogens with zero attached hydrogens (tertiary/aromatic N) is 2.